The molecule has 6 heteroatoms. The first-order valence-corrected chi connectivity index (χ1v) is 7.61. The van der Waals surface area contributed by atoms with E-state index in [0.29, 0.717) is 5.75 Å². The maximum atomic E-state index is 13.5. The third kappa shape index (κ3) is 3.62. The van der Waals surface area contributed by atoms with Crippen molar-refractivity contribution in [3.05, 3.63) is 58.9 Å². The molecule has 2 aromatic carbocycles. The summed E-state index contributed by atoms with van der Waals surface area (Å²) in [6.45, 7) is 0. The van der Waals surface area contributed by atoms with Crippen LogP contribution >= 0.6 is 12.4 Å². The highest BCUT2D eigenvalue weighted by molar-refractivity contribution is 5.97. The number of nitrogens with one attached hydrogen (secondary N) is 1. The molecule has 0 radical (unpaired) electrons. The van der Waals surface area contributed by atoms with Gasteiger partial charge in [-0.05, 0) is 60.7 Å². The molecule has 1 aliphatic carbocycles. The van der Waals surface area contributed by atoms with E-state index < -0.39 is 5.82 Å². The Kier molecular flexibility index (Phi) is 5.67. The number of hydrogen-bond donors (Lipinski definition) is 2. The summed E-state index contributed by atoms with van der Waals surface area (Å²) in [4.78, 5) is 12.5. The zero-order valence-electron chi connectivity index (χ0n) is 13.3. The van der Waals surface area contributed by atoms with Crippen LogP contribution < -0.4 is 15.8 Å². The third-order valence-electron chi connectivity index (χ3n) is 4.19. The maximum absolute atomic E-state index is 13.5. The first-order chi connectivity index (χ1) is 11.1. The fourth-order valence-corrected chi connectivity index (χ4v) is 3.08. The molecule has 0 aliphatic heterocycles. The van der Waals surface area contributed by atoms with Crippen LogP contribution in [0.3, 0.4) is 0 Å². The van der Waals surface area contributed by atoms with Crippen LogP contribution in [0.2, 0.25) is 0 Å². The van der Waals surface area contributed by atoms with Crippen LogP contribution in [0.4, 0.5) is 10.1 Å². The van der Waals surface area contributed by atoms with Crippen molar-refractivity contribution in [1.29, 1.82) is 0 Å². The van der Waals surface area contributed by atoms with Gasteiger partial charge in [-0.15, -0.1) is 12.4 Å². The van der Waals surface area contributed by atoms with Gasteiger partial charge in [0.15, 0.2) is 0 Å². The summed E-state index contributed by atoms with van der Waals surface area (Å²) in [5.74, 6) is -0.443. The number of nitrogens with two attached hydrogens (primary N) is 1. The summed E-state index contributed by atoms with van der Waals surface area (Å²) < 4.78 is 18.6. The fraction of sp³-hybridized carbons (Fsp3) is 0.278. The van der Waals surface area contributed by atoms with E-state index in [9.17, 15) is 9.18 Å². The topological polar surface area (TPSA) is 64.3 Å². The van der Waals surface area contributed by atoms with Crippen LogP contribution in [0.25, 0.3) is 0 Å². The lowest BCUT2D eigenvalue weighted by Crippen LogP contribution is -2.31. The lowest BCUT2D eigenvalue weighted by atomic mass is 9.87. The lowest BCUT2D eigenvalue weighted by Gasteiger charge is -2.27. The molecule has 0 saturated heterocycles. The van der Waals surface area contributed by atoms with Gasteiger partial charge in [0.25, 0.3) is 5.91 Å². The molecular formula is C18H20ClFN2O2. The molecule has 24 heavy (non-hydrogen) atoms. The Morgan fingerprint density at radius 3 is 2.83 bits per heavy atom. The summed E-state index contributed by atoms with van der Waals surface area (Å²) in [5, 5.41) is 2.99. The van der Waals surface area contributed by atoms with E-state index in [-0.39, 0.29) is 29.9 Å². The fourth-order valence-electron chi connectivity index (χ4n) is 3.08. The van der Waals surface area contributed by atoms with E-state index in [1.165, 1.54) is 25.3 Å². The average Bonchev–Trinajstić information content (AvgIpc) is 2.54. The first kappa shape index (κ1) is 18.1. The minimum Gasteiger partial charge on any atom is -0.496 e. The van der Waals surface area contributed by atoms with Gasteiger partial charge in [0.2, 0.25) is 0 Å². The van der Waals surface area contributed by atoms with E-state index in [1.54, 1.807) is 0 Å². The number of carbonyl (C=O) groups excluding carboxylic acids is 1. The normalized spacial score (nSPS) is 15.8. The molecule has 0 spiro atoms. The minimum absolute atomic E-state index is 0. The van der Waals surface area contributed by atoms with Crippen molar-refractivity contribution in [1.82, 2.24) is 5.32 Å². The second kappa shape index (κ2) is 7.53. The molecule has 4 nitrogen and oxygen atoms in total. The van der Waals surface area contributed by atoms with E-state index in [4.69, 9.17) is 10.5 Å². The number of hydrogen-bond acceptors (Lipinski definition) is 3. The van der Waals surface area contributed by atoms with E-state index >= 15 is 0 Å². The second-order valence-electron chi connectivity index (χ2n) is 5.72. The van der Waals surface area contributed by atoms with Crippen molar-refractivity contribution in [3.8, 4) is 5.75 Å². The van der Waals surface area contributed by atoms with Gasteiger partial charge in [-0.25, -0.2) is 4.39 Å². The van der Waals surface area contributed by atoms with Gasteiger partial charge in [0, 0.05) is 5.69 Å². The summed E-state index contributed by atoms with van der Waals surface area (Å²) >= 11 is 0. The van der Waals surface area contributed by atoms with Crippen molar-refractivity contribution in [2.45, 2.75) is 25.3 Å². The zero-order valence-corrected chi connectivity index (χ0v) is 14.2. The molecule has 1 atom stereocenters. The van der Waals surface area contributed by atoms with Crippen LogP contribution in [0.15, 0.2) is 36.4 Å². The third-order valence-corrected chi connectivity index (χ3v) is 4.19. The number of rotatable bonds is 3. The summed E-state index contributed by atoms with van der Waals surface area (Å²) in [6.07, 6.45) is 2.78. The monoisotopic (exact) mass is 350 g/mol. The molecule has 2 aromatic rings. The van der Waals surface area contributed by atoms with Gasteiger partial charge in [-0.2, -0.15) is 0 Å². The van der Waals surface area contributed by atoms with E-state index in [2.05, 4.69) is 5.32 Å². The number of nitrogen functional groups attached to an aromatic ring is 1. The SMILES string of the molecule is COc1ccc(F)cc1C(=O)NC1CCCc2cc(N)ccc21.Cl. The molecule has 1 aliphatic rings. The Bertz CT molecular complexity index is 752. The zero-order chi connectivity index (χ0) is 16.4. The standard InChI is InChI=1S/C18H19FN2O2.ClH/c1-23-17-8-5-12(19)10-15(17)18(22)21-16-4-2-3-11-9-13(20)6-7-14(11)16;/h5-10,16H,2-4,20H2,1H3,(H,21,22);1H. The molecule has 0 bridgehead atoms. The Morgan fingerprint density at radius 2 is 2.08 bits per heavy atom. The van der Waals surface area contributed by atoms with Gasteiger partial charge in [-0.3, -0.25) is 4.79 Å². The molecule has 128 valence electrons. The maximum Gasteiger partial charge on any atom is 0.255 e. The lowest BCUT2D eigenvalue weighted by molar-refractivity contribution is 0.0929. The number of halogens is 2. The van der Waals surface area contributed by atoms with Gasteiger partial charge in [0.1, 0.15) is 11.6 Å². The largest absolute Gasteiger partial charge is 0.496 e. The molecule has 1 unspecified atom stereocenters. The number of carbonyl (C=O) groups is 1. The van der Waals surface area contributed by atoms with Crippen LogP contribution in [-0.4, -0.2) is 13.0 Å². The Hall–Kier alpha value is -2.27. The van der Waals surface area contributed by atoms with E-state index in [1.807, 2.05) is 18.2 Å². The van der Waals surface area contributed by atoms with Crippen LogP contribution in [0, 0.1) is 5.82 Å². The highest BCUT2D eigenvalue weighted by Crippen LogP contribution is 2.31. The second-order valence-corrected chi connectivity index (χ2v) is 5.72. The number of anilines is 1. The van der Waals surface area contributed by atoms with Crippen LogP contribution in [0.1, 0.15) is 40.4 Å². The van der Waals surface area contributed by atoms with Crippen molar-refractivity contribution < 1.29 is 13.9 Å². The van der Waals surface area contributed by atoms with Crippen molar-refractivity contribution in [2.24, 2.45) is 0 Å². The molecular weight excluding hydrogens is 331 g/mol. The van der Waals surface area contributed by atoms with E-state index in [0.717, 1.165) is 36.1 Å². The van der Waals surface area contributed by atoms with Gasteiger partial charge >= 0.3 is 0 Å². The molecule has 0 heterocycles. The average molecular weight is 351 g/mol. The van der Waals surface area contributed by atoms with Crippen molar-refractivity contribution in [3.63, 3.8) is 0 Å². The summed E-state index contributed by atoms with van der Waals surface area (Å²) in [7, 11) is 1.46. The van der Waals surface area contributed by atoms with Crippen molar-refractivity contribution in [2.75, 3.05) is 12.8 Å². The Morgan fingerprint density at radius 1 is 1.29 bits per heavy atom. The number of amides is 1. The highest BCUT2D eigenvalue weighted by Gasteiger charge is 2.23. The molecule has 0 aromatic heterocycles. The predicted octanol–water partition coefficient (Wildman–Crippen LogP) is 3.65. The van der Waals surface area contributed by atoms with Gasteiger partial charge in [-0.1, -0.05) is 6.07 Å². The Balaban J connectivity index is 0.00000208. The Labute approximate surface area is 146 Å². The number of aryl methyl sites for hydroxylation is 1. The smallest absolute Gasteiger partial charge is 0.255 e. The molecule has 3 rings (SSSR count). The molecule has 0 saturated carbocycles. The number of benzene rings is 2. The number of ether oxygens (including phenoxy) is 1. The van der Waals surface area contributed by atoms with Gasteiger partial charge in [0.05, 0.1) is 18.7 Å². The summed E-state index contributed by atoms with van der Waals surface area (Å²) in [6, 6.07) is 9.58. The number of methoxy groups -OCH3 is 1. The van der Waals surface area contributed by atoms with Crippen LogP contribution in [0.5, 0.6) is 5.75 Å². The van der Waals surface area contributed by atoms with Gasteiger partial charge < -0.3 is 15.8 Å². The van der Waals surface area contributed by atoms with Crippen LogP contribution in [-0.2, 0) is 6.42 Å². The highest BCUT2D eigenvalue weighted by atomic mass is 35.5. The predicted molar refractivity (Wildman–Crippen MR) is 94.2 cm³/mol. The molecule has 3 N–H and O–H groups in total. The summed E-state index contributed by atoms with van der Waals surface area (Å²) in [5.41, 5.74) is 8.99. The molecule has 0 fully saturated rings. The minimum atomic E-state index is -0.465. The molecule has 1 amide bonds. The quantitative estimate of drug-likeness (QED) is 0.830. The van der Waals surface area contributed by atoms with Crippen molar-refractivity contribution >= 4 is 24.0 Å². The first-order valence-electron chi connectivity index (χ1n) is 7.61. The number of fused-ring (bicyclic) bond motifs is 1.